The van der Waals surface area contributed by atoms with Gasteiger partial charge in [0.2, 0.25) is 0 Å². The van der Waals surface area contributed by atoms with Gasteiger partial charge in [-0.3, -0.25) is 50.0 Å². The zero-order valence-corrected chi connectivity index (χ0v) is 56.3. The zero-order valence-electron chi connectivity index (χ0n) is 53.5. The minimum Gasteiger partial charge on any atom is -0.382 e. The normalized spacial score (nSPS) is 29.8. The standard InChI is InChI=1S/2C12H23NO2.C11H21NO2.C11H20NO2.C7H13NO2.C4H8.C2H6.Y/c2*1-9-11(3,4)7-12(8-15-6,10(2)14)13(9)5;1-8-10(3,4)6-11(12-8,7-14-5)9(2)13;1-8-6-11(7-14-5,10(3)13)12(4)9(8)2;1-4-8-7(5-10-3)6(2)9;1-4(2)3;1-2;/h2*9H,7-8H2,1-6H3;8,12H,6-7H2,1-5H3;9H,6-7H2,1-5H3;4,7H,5H2,1-3H3;1H2,2-3H3;1-2H3;/q;;;-1;;;;. The van der Waals surface area contributed by atoms with Crippen molar-refractivity contribution in [1.82, 2.24) is 20.0 Å². The molecule has 0 amide bonds. The van der Waals surface area contributed by atoms with Crippen LogP contribution in [0.15, 0.2) is 17.1 Å². The van der Waals surface area contributed by atoms with Crippen LogP contribution in [0.5, 0.6) is 0 Å². The number of likely N-dealkylation sites (tertiary alicyclic amines) is 3. The fourth-order valence-electron chi connectivity index (χ4n) is 10.7. The van der Waals surface area contributed by atoms with Crippen molar-refractivity contribution in [2.45, 2.75) is 223 Å². The molecule has 4 saturated heterocycles. The van der Waals surface area contributed by atoms with Gasteiger partial charge in [0.05, 0.1) is 38.6 Å². The Morgan fingerprint density at radius 3 is 1.16 bits per heavy atom. The quantitative estimate of drug-likeness (QED) is 0.0883. The Morgan fingerprint density at radius 1 is 0.613 bits per heavy atom. The first-order chi connectivity index (χ1) is 33.8. The van der Waals surface area contributed by atoms with E-state index in [4.69, 9.17) is 23.7 Å². The molecule has 16 heteroatoms. The van der Waals surface area contributed by atoms with Crippen LogP contribution in [0, 0.1) is 22.2 Å². The number of ketones is 5. The Morgan fingerprint density at radius 2 is 0.960 bits per heavy atom. The summed E-state index contributed by atoms with van der Waals surface area (Å²) in [6, 6.07) is 1.21. The summed E-state index contributed by atoms with van der Waals surface area (Å²) in [5.41, 5.74) is -0.0622. The van der Waals surface area contributed by atoms with E-state index in [0.717, 1.165) is 25.7 Å². The Kier molecular flexibility index (Phi) is 37.6. The monoisotopic (exact) mass is 1140 g/mol. The van der Waals surface area contributed by atoms with E-state index in [1.807, 2.05) is 48.8 Å². The van der Waals surface area contributed by atoms with Gasteiger partial charge in [0.1, 0.15) is 28.4 Å². The van der Waals surface area contributed by atoms with E-state index < -0.39 is 22.2 Å². The second kappa shape index (κ2) is 35.3. The summed E-state index contributed by atoms with van der Waals surface area (Å²) in [7, 11) is 14.2. The molecule has 0 spiro atoms. The topological polar surface area (TPSA) is 166 Å². The predicted octanol–water partition coefficient (Wildman–Crippen LogP) is 9.36. The summed E-state index contributed by atoms with van der Waals surface area (Å²) < 4.78 is 25.6. The van der Waals surface area contributed by atoms with E-state index in [9.17, 15) is 24.0 Å². The molecule has 9 unspecified atom stereocenters. The summed E-state index contributed by atoms with van der Waals surface area (Å²) in [5.74, 6) is 2.20. The van der Waals surface area contributed by atoms with Crippen molar-refractivity contribution < 1.29 is 80.4 Å². The Bertz CT molecular complexity index is 1720. The number of carbonyl (C=O) groups is 5. The van der Waals surface area contributed by atoms with Crippen molar-refractivity contribution in [2.75, 3.05) is 89.7 Å². The third-order valence-electron chi connectivity index (χ3n) is 16.5. The number of nitrogens with zero attached hydrogens (tertiary/aromatic N) is 4. The molecule has 75 heavy (non-hydrogen) atoms. The molecule has 0 saturated carbocycles. The van der Waals surface area contributed by atoms with Crippen LogP contribution in [0.4, 0.5) is 0 Å². The van der Waals surface area contributed by atoms with Crippen LogP contribution in [-0.2, 0) is 80.4 Å². The summed E-state index contributed by atoms with van der Waals surface area (Å²) in [4.78, 5) is 68.3. The first kappa shape index (κ1) is 80.0. The molecule has 4 heterocycles. The average Bonchev–Trinajstić information content (AvgIpc) is 3.81. The van der Waals surface area contributed by atoms with Gasteiger partial charge in [-0.2, -0.15) is 6.92 Å². The van der Waals surface area contributed by atoms with Gasteiger partial charge in [-0.05, 0) is 139 Å². The van der Waals surface area contributed by atoms with Crippen LogP contribution in [0.1, 0.15) is 171 Å². The molecule has 0 aromatic heterocycles. The Hall–Kier alpha value is -1.50. The van der Waals surface area contributed by atoms with E-state index in [2.05, 4.69) is 108 Å². The molecule has 4 fully saturated rings. The van der Waals surface area contributed by atoms with Gasteiger partial charge >= 0.3 is 0 Å². The van der Waals surface area contributed by atoms with Crippen LogP contribution in [0.3, 0.4) is 0 Å². The summed E-state index contributed by atoms with van der Waals surface area (Å²) >= 11 is 0. The third-order valence-corrected chi connectivity index (χ3v) is 16.5. The van der Waals surface area contributed by atoms with Crippen LogP contribution in [-0.4, -0.2) is 192 Å². The largest absolute Gasteiger partial charge is 0.382 e. The van der Waals surface area contributed by atoms with E-state index >= 15 is 0 Å². The number of hydrogen-bond donors (Lipinski definition) is 1. The molecule has 0 bridgehead atoms. The van der Waals surface area contributed by atoms with Gasteiger partial charge in [-0.1, -0.05) is 67.9 Å². The predicted molar refractivity (Wildman–Crippen MR) is 306 cm³/mol. The van der Waals surface area contributed by atoms with Gasteiger partial charge < -0.3 is 28.6 Å². The minimum absolute atomic E-state index is 0. The van der Waals surface area contributed by atoms with Gasteiger partial charge in [0.15, 0.2) is 23.1 Å². The second-order valence-corrected chi connectivity index (χ2v) is 23.6. The van der Waals surface area contributed by atoms with Crippen molar-refractivity contribution >= 4 is 35.1 Å². The van der Waals surface area contributed by atoms with E-state index in [0.29, 0.717) is 57.2 Å². The van der Waals surface area contributed by atoms with Crippen molar-refractivity contribution in [3.63, 3.8) is 0 Å². The molecule has 4 aliphatic heterocycles. The number of rotatable bonds is 16. The molecule has 0 aromatic rings. The summed E-state index contributed by atoms with van der Waals surface area (Å²) in [5, 5.41) is 3.38. The van der Waals surface area contributed by atoms with Gasteiger partial charge in [0, 0.05) is 86.4 Å². The SMILES string of the molecule is C=C(C)C.CC.CC=NC(COC)C(C)=O.COCC1(C(C)=O)CC(C)(C)C(C)N1.COCC1(C(C)=O)CC(C)(C)C(C)N1C.COCC1(C(C)=O)CC(C)(C)C(C)N1C.COCC1(C(C)=O)C[C-](C)C(C)N1C.[Y]. The van der Waals surface area contributed by atoms with E-state index in [-0.39, 0.29) is 83.9 Å². The molecule has 0 aliphatic carbocycles. The molecule has 4 aliphatic rings. The van der Waals surface area contributed by atoms with Crippen molar-refractivity contribution in [2.24, 2.45) is 21.2 Å². The molecule has 1 N–H and O–H groups in total. The summed E-state index contributed by atoms with van der Waals surface area (Å²) in [6.07, 6.45) is 5.05. The van der Waals surface area contributed by atoms with Crippen molar-refractivity contribution in [3.05, 3.63) is 18.1 Å². The number of methoxy groups -OCH3 is 5. The smallest absolute Gasteiger partial charge is 0.156 e. The molecule has 439 valence electrons. The first-order valence-electron chi connectivity index (χ1n) is 26.7. The Balaban J connectivity index is -0.000000409. The molecule has 9 atom stereocenters. The molecule has 4 rings (SSSR count). The van der Waals surface area contributed by atoms with Crippen LogP contribution in [0.25, 0.3) is 0 Å². The number of nitrogens with one attached hydrogen (secondary N) is 1. The fraction of sp³-hybridized carbons (Fsp3) is 0.847. The van der Waals surface area contributed by atoms with Gasteiger partial charge in [0.25, 0.3) is 0 Å². The van der Waals surface area contributed by atoms with E-state index in [1.54, 1.807) is 76.4 Å². The fourth-order valence-corrected chi connectivity index (χ4v) is 10.7. The maximum Gasteiger partial charge on any atom is 0.156 e. The third kappa shape index (κ3) is 21.8. The second-order valence-electron chi connectivity index (χ2n) is 23.6. The first-order valence-corrected chi connectivity index (χ1v) is 26.7. The molecular formula is C59H114N5O10Y-. The maximum atomic E-state index is 11.9. The minimum atomic E-state index is -0.461. The van der Waals surface area contributed by atoms with Crippen molar-refractivity contribution in [3.8, 4) is 0 Å². The number of carbonyl (C=O) groups excluding carboxylic acids is 5. The molecule has 0 aromatic carbocycles. The van der Waals surface area contributed by atoms with Gasteiger partial charge in [-0.25, -0.2) is 0 Å². The molecule has 1 radical (unpaired) electrons. The number of ether oxygens (including phenoxy) is 5. The number of aliphatic imine (C=N–C) groups is 1. The Labute approximate surface area is 485 Å². The van der Waals surface area contributed by atoms with Crippen LogP contribution < -0.4 is 5.32 Å². The molecule has 15 nitrogen and oxygen atoms in total. The average molecular weight is 1140 g/mol. The van der Waals surface area contributed by atoms with E-state index in [1.165, 1.54) is 18.4 Å². The summed E-state index contributed by atoms with van der Waals surface area (Å²) in [6.45, 7) is 47.7. The van der Waals surface area contributed by atoms with Crippen LogP contribution >= 0.6 is 0 Å². The number of hydrogen-bond acceptors (Lipinski definition) is 15. The zero-order chi connectivity index (χ0) is 59.2. The number of allylic oxidation sites excluding steroid dienone is 1. The number of likely N-dealkylation sites (N-methyl/N-ethyl adjacent to an activating group) is 3. The van der Waals surface area contributed by atoms with Crippen LogP contribution in [0.2, 0.25) is 0 Å². The molecular weight excluding hydrogens is 1030 g/mol. The number of Topliss-reactive ketones (excluding diaryl/α,β-unsaturated/α-hetero) is 5. The van der Waals surface area contributed by atoms with Gasteiger partial charge in [-0.15, -0.1) is 19.0 Å². The van der Waals surface area contributed by atoms with Crippen molar-refractivity contribution in [1.29, 1.82) is 0 Å². The maximum absolute atomic E-state index is 11.9.